The summed E-state index contributed by atoms with van der Waals surface area (Å²) in [6.07, 6.45) is 1.49. The molecule has 0 aliphatic rings. The monoisotopic (exact) mass is 224 g/mol. The minimum atomic E-state index is -0.445. The Morgan fingerprint density at radius 2 is 2.25 bits per heavy atom. The lowest BCUT2D eigenvalue weighted by molar-refractivity contribution is -0.385. The quantitative estimate of drug-likeness (QED) is 0.611. The Hall–Kier alpha value is -1.62. The van der Waals surface area contributed by atoms with Gasteiger partial charge in [0.15, 0.2) is 5.75 Å². The third-order valence-electron chi connectivity index (χ3n) is 2.46. The van der Waals surface area contributed by atoms with Gasteiger partial charge in [0.2, 0.25) is 0 Å². The molecule has 5 heteroatoms. The lowest BCUT2D eigenvalue weighted by Crippen LogP contribution is -2.21. The van der Waals surface area contributed by atoms with Crippen LogP contribution in [0.1, 0.15) is 18.9 Å². The lowest BCUT2D eigenvalue weighted by Gasteiger charge is -2.09. The van der Waals surface area contributed by atoms with Crippen molar-refractivity contribution in [2.45, 2.75) is 25.8 Å². The molecule has 2 N–H and O–H groups in total. The second kappa shape index (κ2) is 5.46. The number of ether oxygens (including phenoxy) is 1. The van der Waals surface area contributed by atoms with E-state index in [1.165, 1.54) is 13.2 Å². The van der Waals surface area contributed by atoms with Crippen LogP contribution in [0.3, 0.4) is 0 Å². The van der Waals surface area contributed by atoms with Gasteiger partial charge in [-0.2, -0.15) is 0 Å². The van der Waals surface area contributed by atoms with E-state index in [0.717, 1.165) is 12.0 Å². The summed E-state index contributed by atoms with van der Waals surface area (Å²) in [6, 6.07) is 4.97. The highest BCUT2D eigenvalue weighted by atomic mass is 16.6. The first-order chi connectivity index (χ1) is 7.58. The van der Waals surface area contributed by atoms with Gasteiger partial charge in [0.25, 0.3) is 0 Å². The Morgan fingerprint density at radius 3 is 2.75 bits per heavy atom. The van der Waals surface area contributed by atoms with Crippen LogP contribution < -0.4 is 10.5 Å². The molecule has 1 aromatic carbocycles. The highest BCUT2D eigenvalue weighted by molar-refractivity contribution is 5.48. The van der Waals surface area contributed by atoms with E-state index in [4.69, 9.17) is 10.5 Å². The second-order valence-corrected chi connectivity index (χ2v) is 3.64. The van der Waals surface area contributed by atoms with E-state index in [-0.39, 0.29) is 17.5 Å². The highest BCUT2D eigenvalue weighted by Crippen LogP contribution is 2.27. The Morgan fingerprint density at radius 1 is 1.56 bits per heavy atom. The molecule has 1 unspecified atom stereocenters. The molecule has 5 nitrogen and oxygen atoms in total. The lowest BCUT2D eigenvalue weighted by atomic mass is 10.0. The molecule has 88 valence electrons. The van der Waals surface area contributed by atoms with Crippen LogP contribution in [0.2, 0.25) is 0 Å². The van der Waals surface area contributed by atoms with Crippen LogP contribution >= 0.6 is 0 Å². The minimum Gasteiger partial charge on any atom is -0.490 e. The normalized spacial score (nSPS) is 12.2. The number of nitrogens with zero attached hydrogens (tertiary/aromatic N) is 1. The Labute approximate surface area is 94.4 Å². The van der Waals surface area contributed by atoms with Gasteiger partial charge in [-0.15, -0.1) is 0 Å². The maximum Gasteiger partial charge on any atom is 0.311 e. The molecule has 0 spiro atoms. The molecule has 16 heavy (non-hydrogen) atoms. The van der Waals surface area contributed by atoms with E-state index in [2.05, 4.69) is 0 Å². The number of hydrogen-bond donors (Lipinski definition) is 1. The minimum absolute atomic E-state index is 0.0108. The summed E-state index contributed by atoms with van der Waals surface area (Å²) < 4.78 is 4.92. The number of methoxy groups -OCH3 is 1. The van der Waals surface area contributed by atoms with Gasteiger partial charge in [-0.05, 0) is 24.5 Å². The average molecular weight is 224 g/mol. The van der Waals surface area contributed by atoms with Gasteiger partial charge in [-0.25, -0.2) is 0 Å². The molecule has 1 rings (SSSR count). The number of nitro groups is 1. The molecule has 1 aromatic rings. The van der Waals surface area contributed by atoms with Crippen molar-refractivity contribution >= 4 is 5.69 Å². The Kier molecular flexibility index (Phi) is 4.25. The fraction of sp³-hybridized carbons (Fsp3) is 0.455. The third-order valence-corrected chi connectivity index (χ3v) is 2.46. The van der Waals surface area contributed by atoms with Crippen LogP contribution in [0.25, 0.3) is 0 Å². The summed E-state index contributed by atoms with van der Waals surface area (Å²) >= 11 is 0. The fourth-order valence-electron chi connectivity index (χ4n) is 1.45. The van der Waals surface area contributed by atoms with Gasteiger partial charge in [0.05, 0.1) is 12.0 Å². The predicted octanol–water partition coefficient (Wildman–Crippen LogP) is 1.88. The first-order valence-corrected chi connectivity index (χ1v) is 5.15. The van der Waals surface area contributed by atoms with Crippen molar-refractivity contribution in [1.29, 1.82) is 0 Å². The zero-order chi connectivity index (χ0) is 12.1. The predicted molar refractivity (Wildman–Crippen MR) is 61.6 cm³/mol. The van der Waals surface area contributed by atoms with Crippen LogP contribution in [0, 0.1) is 10.1 Å². The van der Waals surface area contributed by atoms with Crippen molar-refractivity contribution in [3.8, 4) is 5.75 Å². The molecule has 0 fully saturated rings. The molecule has 0 bridgehead atoms. The largest absolute Gasteiger partial charge is 0.490 e. The molecule has 0 aromatic heterocycles. The van der Waals surface area contributed by atoms with E-state index in [9.17, 15) is 10.1 Å². The molecule has 1 atom stereocenters. The van der Waals surface area contributed by atoms with Crippen LogP contribution in [0.5, 0.6) is 5.75 Å². The zero-order valence-electron chi connectivity index (χ0n) is 9.47. The Balaban J connectivity index is 2.97. The van der Waals surface area contributed by atoms with Gasteiger partial charge >= 0.3 is 5.69 Å². The first kappa shape index (κ1) is 12.4. The van der Waals surface area contributed by atoms with E-state index in [0.29, 0.717) is 6.42 Å². The van der Waals surface area contributed by atoms with Crippen molar-refractivity contribution in [2.24, 2.45) is 5.73 Å². The van der Waals surface area contributed by atoms with Gasteiger partial charge in [-0.3, -0.25) is 10.1 Å². The summed E-state index contributed by atoms with van der Waals surface area (Å²) in [7, 11) is 1.42. The molecular formula is C11H16N2O3. The van der Waals surface area contributed by atoms with Crippen molar-refractivity contribution in [1.82, 2.24) is 0 Å². The third kappa shape index (κ3) is 2.93. The van der Waals surface area contributed by atoms with Crippen LogP contribution in [0.4, 0.5) is 5.69 Å². The van der Waals surface area contributed by atoms with Crippen molar-refractivity contribution < 1.29 is 9.66 Å². The zero-order valence-corrected chi connectivity index (χ0v) is 9.47. The summed E-state index contributed by atoms with van der Waals surface area (Å²) in [4.78, 5) is 10.3. The summed E-state index contributed by atoms with van der Waals surface area (Å²) in [6.45, 7) is 1.99. The molecule has 0 aliphatic carbocycles. The number of rotatable bonds is 5. The van der Waals surface area contributed by atoms with Crippen LogP contribution in [-0.4, -0.2) is 18.1 Å². The van der Waals surface area contributed by atoms with Gasteiger partial charge in [-0.1, -0.05) is 13.0 Å². The molecule has 0 amide bonds. The molecule has 0 radical (unpaired) electrons. The summed E-state index contributed by atoms with van der Waals surface area (Å²) in [5.74, 6) is 0.277. The molecular weight excluding hydrogens is 208 g/mol. The van der Waals surface area contributed by atoms with Crippen molar-refractivity contribution in [3.05, 3.63) is 33.9 Å². The summed E-state index contributed by atoms with van der Waals surface area (Å²) in [5.41, 5.74) is 6.65. The number of hydrogen-bond acceptors (Lipinski definition) is 4. The van der Waals surface area contributed by atoms with E-state index in [1.54, 1.807) is 12.1 Å². The van der Waals surface area contributed by atoms with Crippen LogP contribution in [0.15, 0.2) is 18.2 Å². The summed E-state index contributed by atoms with van der Waals surface area (Å²) in [5, 5.41) is 10.8. The number of benzene rings is 1. The molecule has 0 aliphatic heterocycles. The van der Waals surface area contributed by atoms with Gasteiger partial charge in [0.1, 0.15) is 0 Å². The van der Waals surface area contributed by atoms with Gasteiger partial charge in [0, 0.05) is 12.1 Å². The number of nitrogens with two attached hydrogens (primary N) is 1. The standard InChI is InChI=1S/C11H16N2O3/c1-3-9(12)6-8-4-5-11(16-2)10(7-8)13(14)15/h4-5,7,9H,3,6,12H2,1-2H3. The van der Waals surface area contributed by atoms with E-state index < -0.39 is 4.92 Å². The molecule has 0 saturated carbocycles. The Bertz CT molecular complexity index is 379. The smallest absolute Gasteiger partial charge is 0.311 e. The number of nitro benzene ring substituents is 1. The molecule has 0 heterocycles. The van der Waals surface area contributed by atoms with E-state index >= 15 is 0 Å². The topological polar surface area (TPSA) is 78.4 Å². The maximum atomic E-state index is 10.8. The van der Waals surface area contributed by atoms with Gasteiger partial charge < -0.3 is 10.5 Å². The van der Waals surface area contributed by atoms with Crippen molar-refractivity contribution in [2.75, 3.05) is 7.11 Å². The highest BCUT2D eigenvalue weighted by Gasteiger charge is 2.15. The van der Waals surface area contributed by atoms with Crippen molar-refractivity contribution in [3.63, 3.8) is 0 Å². The maximum absolute atomic E-state index is 10.8. The first-order valence-electron chi connectivity index (χ1n) is 5.15. The average Bonchev–Trinajstić information content (AvgIpc) is 2.28. The molecule has 0 saturated heterocycles. The fourth-order valence-corrected chi connectivity index (χ4v) is 1.45. The van der Waals surface area contributed by atoms with Crippen LogP contribution in [-0.2, 0) is 6.42 Å². The SMILES string of the molecule is CCC(N)Cc1ccc(OC)c([N+](=O)[O-])c1. The van der Waals surface area contributed by atoms with E-state index in [1.807, 2.05) is 6.92 Å². The second-order valence-electron chi connectivity index (χ2n) is 3.64.